The molecule has 5 nitrogen and oxygen atoms in total. The number of anilines is 2. The molecular weight excluding hydrogens is 398 g/mol. The summed E-state index contributed by atoms with van der Waals surface area (Å²) in [4.78, 5) is -0.927. The summed E-state index contributed by atoms with van der Waals surface area (Å²) in [6, 6.07) is 16.1. The van der Waals surface area contributed by atoms with Crippen LogP contribution in [-0.4, -0.2) is 13.0 Å². The number of nitrogens with zero attached hydrogens (tertiary/aromatic N) is 1. The topological polar surface area (TPSA) is 83.6 Å². The number of hydrazine groups is 1. The van der Waals surface area contributed by atoms with Crippen molar-refractivity contribution < 1.29 is 21.8 Å². The minimum atomic E-state index is -4.59. The van der Waals surface area contributed by atoms with Crippen LogP contribution in [0.3, 0.4) is 0 Å². The molecule has 0 bridgehead atoms. The maximum atomic E-state index is 12.6. The van der Waals surface area contributed by atoms with E-state index in [0.29, 0.717) is 12.1 Å². The molecule has 3 rings (SSSR count). The van der Waals surface area contributed by atoms with E-state index in [-0.39, 0.29) is 0 Å². The van der Waals surface area contributed by atoms with Gasteiger partial charge in [-0.2, -0.15) is 8.42 Å². The highest BCUT2D eigenvalue weighted by Crippen LogP contribution is 2.29. The van der Waals surface area contributed by atoms with Crippen LogP contribution in [0.4, 0.5) is 20.2 Å². The number of halogens is 2. The number of rotatable bonds is 3. The maximum Gasteiger partial charge on any atom is 0.297 e. The Morgan fingerprint density at radius 1 is 0.897 bits per heavy atom. The molecule has 0 aromatic heterocycles. The van der Waals surface area contributed by atoms with E-state index in [2.05, 4.69) is 32.9 Å². The van der Waals surface area contributed by atoms with Gasteiger partial charge in [0.05, 0.1) is 11.4 Å². The highest BCUT2D eigenvalue weighted by molar-refractivity contribution is 7.85. The molecule has 29 heavy (non-hydrogen) atoms. The van der Waals surface area contributed by atoms with Crippen molar-refractivity contribution >= 4 is 21.5 Å². The smallest absolute Gasteiger partial charge is 0.282 e. The van der Waals surface area contributed by atoms with Gasteiger partial charge in [0, 0.05) is 6.07 Å². The van der Waals surface area contributed by atoms with Crippen LogP contribution in [0.25, 0.3) is 0 Å². The third kappa shape index (κ3) is 5.83. The molecule has 8 heteroatoms. The van der Waals surface area contributed by atoms with Gasteiger partial charge in [0.25, 0.3) is 10.1 Å². The highest BCUT2D eigenvalue weighted by Gasteiger charge is 2.15. The van der Waals surface area contributed by atoms with E-state index < -0.39 is 26.6 Å². The zero-order valence-electron chi connectivity index (χ0n) is 16.2. The molecule has 0 saturated carbocycles. The number of nitrogens with two attached hydrogens (primary N) is 1. The number of para-hydroxylation sites is 1. The molecular formula is C21H22F2N2O3S. The molecule has 0 radical (unpaired) electrons. The van der Waals surface area contributed by atoms with Crippen LogP contribution in [0.2, 0.25) is 0 Å². The number of hydrogen-bond acceptors (Lipinski definition) is 4. The predicted molar refractivity (Wildman–Crippen MR) is 110 cm³/mol. The van der Waals surface area contributed by atoms with E-state index in [4.69, 9.17) is 10.4 Å². The zero-order valence-corrected chi connectivity index (χ0v) is 17.0. The summed E-state index contributed by atoms with van der Waals surface area (Å²) >= 11 is 0. The molecule has 0 saturated heterocycles. The number of aryl methyl sites for hydroxylation is 3. The van der Waals surface area contributed by atoms with Crippen LogP contribution in [0, 0.1) is 32.4 Å². The van der Waals surface area contributed by atoms with Gasteiger partial charge in [-0.05, 0) is 56.2 Å². The first kappa shape index (κ1) is 22.5. The van der Waals surface area contributed by atoms with E-state index in [1.165, 1.54) is 16.7 Å². The van der Waals surface area contributed by atoms with E-state index in [1.807, 2.05) is 30.3 Å². The van der Waals surface area contributed by atoms with Gasteiger partial charge in [0.2, 0.25) is 0 Å². The Bertz CT molecular complexity index is 1080. The van der Waals surface area contributed by atoms with Crippen molar-refractivity contribution in [3.8, 4) is 0 Å². The fourth-order valence-electron chi connectivity index (χ4n) is 2.95. The fraction of sp³-hybridized carbons (Fsp3) is 0.143. The Labute approximate surface area is 169 Å². The predicted octanol–water partition coefficient (Wildman–Crippen LogP) is 4.84. The number of hydrogen-bond donors (Lipinski definition) is 2. The molecule has 0 fully saturated rings. The lowest BCUT2D eigenvalue weighted by molar-refractivity contribution is 0.471. The van der Waals surface area contributed by atoms with Crippen molar-refractivity contribution in [2.45, 2.75) is 25.7 Å². The lowest BCUT2D eigenvalue weighted by atomic mass is 10.0. The second-order valence-corrected chi connectivity index (χ2v) is 7.89. The van der Waals surface area contributed by atoms with Gasteiger partial charge in [0.1, 0.15) is 16.5 Å². The fourth-order valence-corrected chi connectivity index (χ4v) is 3.50. The first-order valence-corrected chi connectivity index (χ1v) is 10.0. The van der Waals surface area contributed by atoms with E-state index in [0.717, 1.165) is 17.4 Å². The molecule has 0 aliphatic carbocycles. The molecule has 0 atom stereocenters. The Morgan fingerprint density at radius 2 is 1.45 bits per heavy atom. The summed E-state index contributed by atoms with van der Waals surface area (Å²) in [7, 11) is -4.59. The summed E-state index contributed by atoms with van der Waals surface area (Å²) < 4.78 is 53.9. The normalized spacial score (nSPS) is 10.9. The third-order valence-corrected chi connectivity index (χ3v) is 4.97. The third-order valence-electron chi connectivity index (χ3n) is 4.08. The van der Waals surface area contributed by atoms with Crippen molar-refractivity contribution in [3.05, 3.63) is 89.0 Å². The Morgan fingerprint density at radius 3 is 1.93 bits per heavy atom. The molecule has 0 heterocycles. The summed E-state index contributed by atoms with van der Waals surface area (Å²) in [5, 5.41) is 1.75. The minimum absolute atomic E-state index is 0.378. The molecule has 154 valence electrons. The lowest BCUT2D eigenvalue weighted by Gasteiger charge is -2.23. The van der Waals surface area contributed by atoms with Crippen molar-refractivity contribution in [1.29, 1.82) is 0 Å². The van der Waals surface area contributed by atoms with Crippen molar-refractivity contribution in [2.24, 2.45) is 5.84 Å². The summed E-state index contributed by atoms with van der Waals surface area (Å²) in [6.07, 6.45) is 0. The Kier molecular flexibility index (Phi) is 7.07. The van der Waals surface area contributed by atoms with E-state index in [9.17, 15) is 17.2 Å². The van der Waals surface area contributed by atoms with E-state index >= 15 is 0 Å². The van der Waals surface area contributed by atoms with Gasteiger partial charge in [-0.25, -0.2) is 14.6 Å². The SMILES string of the molecule is Cc1cc(C)c(N(N)c2ccccc2)c(C)c1.O=S(=O)(O)c1ccc(F)cc1F. The van der Waals surface area contributed by atoms with E-state index in [1.54, 1.807) is 5.01 Å². The zero-order chi connectivity index (χ0) is 21.8. The first-order chi connectivity index (χ1) is 13.5. The van der Waals surface area contributed by atoms with Gasteiger partial charge in [-0.3, -0.25) is 9.56 Å². The molecule has 0 aliphatic rings. The molecule has 0 amide bonds. The Balaban J connectivity index is 0.000000221. The van der Waals surface area contributed by atoms with Crippen molar-refractivity contribution in [1.82, 2.24) is 0 Å². The van der Waals surface area contributed by atoms with Crippen LogP contribution in [0.5, 0.6) is 0 Å². The van der Waals surface area contributed by atoms with Crippen LogP contribution in [-0.2, 0) is 10.1 Å². The number of benzene rings is 3. The average molecular weight is 420 g/mol. The average Bonchev–Trinajstić information content (AvgIpc) is 2.61. The van der Waals surface area contributed by atoms with Gasteiger partial charge < -0.3 is 0 Å². The van der Waals surface area contributed by atoms with Crippen LogP contribution < -0.4 is 10.9 Å². The van der Waals surface area contributed by atoms with Crippen LogP contribution >= 0.6 is 0 Å². The summed E-state index contributed by atoms with van der Waals surface area (Å²) in [5.41, 5.74) is 5.76. The first-order valence-electron chi connectivity index (χ1n) is 8.61. The van der Waals surface area contributed by atoms with Gasteiger partial charge in [-0.1, -0.05) is 35.9 Å². The maximum absolute atomic E-state index is 12.6. The van der Waals surface area contributed by atoms with Crippen LogP contribution in [0.1, 0.15) is 16.7 Å². The molecule has 3 aromatic rings. The molecule has 3 aromatic carbocycles. The standard InChI is InChI=1S/C15H18N2.C6H4F2O3S/c1-11-9-12(2)15(13(3)10-11)17(16)14-7-5-4-6-8-14;7-4-1-2-6(5(8)3-4)12(9,10)11/h4-10H,16H2,1-3H3;1-3H,(H,9,10,11). The van der Waals surface area contributed by atoms with Crippen molar-refractivity contribution in [2.75, 3.05) is 5.01 Å². The molecule has 0 aliphatic heterocycles. The van der Waals surface area contributed by atoms with Gasteiger partial charge in [0.15, 0.2) is 0 Å². The van der Waals surface area contributed by atoms with Gasteiger partial charge >= 0.3 is 0 Å². The minimum Gasteiger partial charge on any atom is -0.282 e. The lowest BCUT2D eigenvalue weighted by Crippen LogP contribution is -2.26. The summed E-state index contributed by atoms with van der Waals surface area (Å²) in [6.45, 7) is 6.30. The van der Waals surface area contributed by atoms with Gasteiger partial charge in [-0.15, -0.1) is 0 Å². The summed E-state index contributed by atoms with van der Waals surface area (Å²) in [5.74, 6) is 3.99. The second kappa shape index (κ2) is 9.13. The molecule has 3 N–H and O–H groups in total. The Hall–Kier alpha value is -2.81. The second-order valence-electron chi connectivity index (χ2n) is 6.50. The molecule has 0 spiro atoms. The monoisotopic (exact) mass is 420 g/mol. The molecule has 0 unspecified atom stereocenters. The highest BCUT2D eigenvalue weighted by atomic mass is 32.2. The van der Waals surface area contributed by atoms with Crippen molar-refractivity contribution in [3.63, 3.8) is 0 Å². The quantitative estimate of drug-likeness (QED) is 0.360. The van der Waals surface area contributed by atoms with Crippen LogP contribution in [0.15, 0.2) is 65.6 Å². The largest absolute Gasteiger partial charge is 0.297 e.